The lowest BCUT2D eigenvalue weighted by molar-refractivity contribution is -0.117. The first-order valence-corrected chi connectivity index (χ1v) is 8.74. The number of nitrogens with zero attached hydrogens (tertiary/aromatic N) is 1. The SMILES string of the molecule is CCc1ccc(CC(=O)N2CCc3cc(OC(C)C)ccc32)cc1. The Labute approximate surface area is 144 Å². The van der Waals surface area contributed by atoms with Gasteiger partial charge in [-0.1, -0.05) is 31.2 Å². The molecule has 0 aromatic heterocycles. The summed E-state index contributed by atoms with van der Waals surface area (Å²) in [5.41, 5.74) is 4.60. The first kappa shape index (κ1) is 16.6. The minimum Gasteiger partial charge on any atom is -0.491 e. The number of hydrogen-bond acceptors (Lipinski definition) is 2. The standard InChI is InChI=1S/C21H25NO2/c1-4-16-5-7-17(8-6-16)13-21(23)22-12-11-18-14-19(24-15(2)3)9-10-20(18)22/h5-10,14-15H,4,11-13H2,1-3H3. The second-order valence-corrected chi connectivity index (χ2v) is 6.60. The highest BCUT2D eigenvalue weighted by molar-refractivity contribution is 5.96. The summed E-state index contributed by atoms with van der Waals surface area (Å²) in [7, 11) is 0. The summed E-state index contributed by atoms with van der Waals surface area (Å²) >= 11 is 0. The molecule has 0 saturated heterocycles. The van der Waals surface area contributed by atoms with Gasteiger partial charge in [0.15, 0.2) is 0 Å². The Bertz CT molecular complexity index is 719. The predicted molar refractivity (Wildman–Crippen MR) is 97.8 cm³/mol. The van der Waals surface area contributed by atoms with Gasteiger partial charge >= 0.3 is 0 Å². The van der Waals surface area contributed by atoms with Crippen molar-refractivity contribution in [1.82, 2.24) is 0 Å². The summed E-state index contributed by atoms with van der Waals surface area (Å²) in [4.78, 5) is 14.6. The summed E-state index contributed by atoms with van der Waals surface area (Å²) in [6, 6.07) is 14.4. The molecule has 3 rings (SSSR count). The van der Waals surface area contributed by atoms with Crippen molar-refractivity contribution in [2.45, 2.75) is 46.1 Å². The van der Waals surface area contributed by atoms with E-state index in [4.69, 9.17) is 4.74 Å². The molecule has 0 N–H and O–H groups in total. The van der Waals surface area contributed by atoms with Crippen LogP contribution in [-0.4, -0.2) is 18.6 Å². The van der Waals surface area contributed by atoms with Crippen molar-refractivity contribution < 1.29 is 9.53 Å². The van der Waals surface area contributed by atoms with Gasteiger partial charge in [-0.05, 0) is 61.6 Å². The Morgan fingerprint density at radius 2 is 1.83 bits per heavy atom. The maximum Gasteiger partial charge on any atom is 0.231 e. The Morgan fingerprint density at radius 3 is 2.50 bits per heavy atom. The summed E-state index contributed by atoms with van der Waals surface area (Å²) < 4.78 is 5.75. The van der Waals surface area contributed by atoms with E-state index in [0.717, 1.165) is 36.4 Å². The summed E-state index contributed by atoms with van der Waals surface area (Å²) in [6.45, 7) is 6.94. The molecule has 126 valence electrons. The van der Waals surface area contributed by atoms with Crippen molar-refractivity contribution in [1.29, 1.82) is 0 Å². The fourth-order valence-corrected chi connectivity index (χ4v) is 3.15. The lowest BCUT2D eigenvalue weighted by atomic mass is 10.1. The number of amides is 1. The second-order valence-electron chi connectivity index (χ2n) is 6.60. The largest absolute Gasteiger partial charge is 0.491 e. The summed E-state index contributed by atoms with van der Waals surface area (Å²) in [5, 5.41) is 0. The number of ether oxygens (including phenoxy) is 1. The van der Waals surface area contributed by atoms with E-state index in [1.165, 1.54) is 11.1 Å². The summed E-state index contributed by atoms with van der Waals surface area (Å²) in [5.74, 6) is 1.05. The minimum atomic E-state index is 0.160. The minimum absolute atomic E-state index is 0.160. The third-order valence-corrected chi connectivity index (χ3v) is 4.41. The molecule has 1 heterocycles. The quantitative estimate of drug-likeness (QED) is 0.826. The van der Waals surface area contributed by atoms with E-state index in [9.17, 15) is 4.79 Å². The molecule has 1 amide bonds. The fourth-order valence-electron chi connectivity index (χ4n) is 3.15. The highest BCUT2D eigenvalue weighted by atomic mass is 16.5. The lowest BCUT2D eigenvalue weighted by Gasteiger charge is -2.18. The van der Waals surface area contributed by atoms with Crippen molar-refractivity contribution in [2.24, 2.45) is 0 Å². The fraction of sp³-hybridized carbons (Fsp3) is 0.381. The lowest BCUT2D eigenvalue weighted by Crippen LogP contribution is -2.30. The van der Waals surface area contributed by atoms with Gasteiger partial charge in [0, 0.05) is 12.2 Å². The Balaban J connectivity index is 1.71. The van der Waals surface area contributed by atoms with Gasteiger partial charge in [0.1, 0.15) is 5.75 Å². The number of rotatable bonds is 5. The maximum absolute atomic E-state index is 12.7. The molecular weight excluding hydrogens is 298 g/mol. The Morgan fingerprint density at radius 1 is 1.12 bits per heavy atom. The van der Waals surface area contributed by atoms with Gasteiger partial charge in [0.2, 0.25) is 5.91 Å². The van der Waals surface area contributed by atoms with Crippen LogP contribution in [0, 0.1) is 0 Å². The van der Waals surface area contributed by atoms with Gasteiger partial charge in [-0.15, -0.1) is 0 Å². The molecule has 3 nitrogen and oxygen atoms in total. The zero-order valence-electron chi connectivity index (χ0n) is 14.7. The molecule has 0 spiro atoms. The monoisotopic (exact) mass is 323 g/mol. The molecule has 0 aliphatic carbocycles. The number of fused-ring (bicyclic) bond motifs is 1. The van der Waals surface area contributed by atoms with Gasteiger partial charge in [-0.2, -0.15) is 0 Å². The smallest absolute Gasteiger partial charge is 0.231 e. The Hall–Kier alpha value is -2.29. The zero-order chi connectivity index (χ0) is 17.1. The molecule has 2 aromatic carbocycles. The maximum atomic E-state index is 12.7. The van der Waals surface area contributed by atoms with E-state index >= 15 is 0 Å². The first-order chi connectivity index (χ1) is 11.6. The number of benzene rings is 2. The molecule has 1 aliphatic rings. The van der Waals surface area contributed by atoms with Gasteiger partial charge < -0.3 is 9.64 Å². The molecule has 0 bridgehead atoms. The number of anilines is 1. The van der Waals surface area contributed by atoms with Crippen molar-refractivity contribution >= 4 is 11.6 Å². The van der Waals surface area contributed by atoms with Crippen LogP contribution in [0.15, 0.2) is 42.5 Å². The van der Waals surface area contributed by atoms with E-state index in [1.807, 2.05) is 30.9 Å². The molecule has 3 heteroatoms. The van der Waals surface area contributed by atoms with E-state index < -0.39 is 0 Å². The number of hydrogen-bond donors (Lipinski definition) is 0. The number of carbonyl (C=O) groups is 1. The molecule has 1 aliphatic heterocycles. The summed E-state index contributed by atoms with van der Waals surface area (Å²) in [6.07, 6.45) is 2.53. The average molecular weight is 323 g/mol. The van der Waals surface area contributed by atoms with E-state index in [1.54, 1.807) is 0 Å². The number of carbonyl (C=O) groups excluding carboxylic acids is 1. The highest BCUT2D eigenvalue weighted by Gasteiger charge is 2.25. The van der Waals surface area contributed by atoms with Gasteiger partial charge in [-0.3, -0.25) is 4.79 Å². The highest BCUT2D eigenvalue weighted by Crippen LogP contribution is 2.32. The van der Waals surface area contributed by atoms with E-state index in [-0.39, 0.29) is 12.0 Å². The van der Waals surface area contributed by atoms with Crippen LogP contribution in [0.3, 0.4) is 0 Å². The van der Waals surface area contributed by atoms with Crippen LogP contribution in [-0.2, 0) is 24.1 Å². The van der Waals surface area contributed by atoms with E-state index in [2.05, 4.69) is 37.3 Å². The van der Waals surface area contributed by atoms with Crippen molar-refractivity contribution in [3.8, 4) is 5.75 Å². The third kappa shape index (κ3) is 3.61. The third-order valence-electron chi connectivity index (χ3n) is 4.41. The molecule has 2 aromatic rings. The molecular formula is C21H25NO2. The van der Waals surface area contributed by atoms with Crippen LogP contribution < -0.4 is 9.64 Å². The second kappa shape index (κ2) is 7.08. The van der Waals surface area contributed by atoms with Crippen LogP contribution >= 0.6 is 0 Å². The van der Waals surface area contributed by atoms with Gasteiger partial charge in [-0.25, -0.2) is 0 Å². The molecule has 24 heavy (non-hydrogen) atoms. The Kier molecular flexibility index (Phi) is 4.89. The molecule has 0 atom stereocenters. The number of aryl methyl sites for hydroxylation is 1. The first-order valence-electron chi connectivity index (χ1n) is 8.74. The zero-order valence-corrected chi connectivity index (χ0v) is 14.7. The van der Waals surface area contributed by atoms with Gasteiger partial charge in [0.25, 0.3) is 0 Å². The molecule has 0 saturated carbocycles. The van der Waals surface area contributed by atoms with Crippen LogP contribution in [0.1, 0.15) is 37.5 Å². The molecule has 0 radical (unpaired) electrons. The van der Waals surface area contributed by atoms with Crippen LogP contribution in [0.25, 0.3) is 0 Å². The molecule has 0 unspecified atom stereocenters. The van der Waals surface area contributed by atoms with Crippen LogP contribution in [0.2, 0.25) is 0 Å². The van der Waals surface area contributed by atoms with Crippen LogP contribution in [0.4, 0.5) is 5.69 Å². The topological polar surface area (TPSA) is 29.5 Å². The average Bonchev–Trinajstić information content (AvgIpc) is 2.98. The van der Waals surface area contributed by atoms with Crippen molar-refractivity contribution in [2.75, 3.05) is 11.4 Å². The van der Waals surface area contributed by atoms with Crippen LogP contribution in [0.5, 0.6) is 5.75 Å². The van der Waals surface area contributed by atoms with Gasteiger partial charge in [0.05, 0.1) is 12.5 Å². The van der Waals surface area contributed by atoms with Crippen molar-refractivity contribution in [3.63, 3.8) is 0 Å². The van der Waals surface area contributed by atoms with E-state index in [0.29, 0.717) is 6.42 Å². The van der Waals surface area contributed by atoms with Crippen molar-refractivity contribution in [3.05, 3.63) is 59.2 Å². The predicted octanol–water partition coefficient (Wildman–Crippen LogP) is 4.17. The molecule has 0 fully saturated rings. The normalized spacial score (nSPS) is 13.2.